The fourth-order valence-electron chi connectivity index (χ4n) is 1.57. The smallest absolute Gasteiger partial charge is 0.303 e. The number of esters is 2. The van der Waals surface area contributed by atoms with E-state index in [1.165, 1.54) is 21.0 Å². The monoisotopic (exact) mass is 248 g/mol. The first-order chi connectivity index (χ1) is 7.95. The maximum atomic E-state index is 10.9. The molecular weight excluding hydrogens is 232 g/mol. The van der Waals surface area contributed by atoms with E-state index in [-0.39, 0.29) is 6.61 Å². The van der Waals surface area contributed by atoms with Crippen molar-refractivity contribution in [3.8, 4) is 0 Å². The van der Waals surface area contributed by atoms with E-state index in [9.17, 15) is 14.7 Å². The standard InChI is InChI=1S/C10H16O7/c1-5(11)15-4-7-9(16-6(2)12)8(13)10(14-3)17-7/h7-10,13H,4H2,1-3H3/t7-,8-,9-,10-/m1/s1. The van der Waals surface area contributed by atoms with Gasteiger partial charge in [-0.15, -0.1) is 0 Å². The van der Waals surface area contributed by atoms with Crippen molar-refractivity contribution in [3.05, 3.63) is 0 Å². The molecule has 1 fully saturated rings. The summed E-state index contributed by atoms with van der Waals surface area (Å²) in [5.41, 5.74) is 0. The number of rotatable bonds is 4. The van der Waals surface area contributed by atoms with Crippen molar-refractivity contribution in [2.24, 2.45) is 0 Å². The van der Waals surface area contributed by atoms with Crippen LogP contribution in [0.25, 0.3) is 0 Å². The predicted molar refractivity (Wildman–Crippen MR) is 53.9 cm³/mol. The Bertz CT molecular complexity index is 290. The van der Waals surface area contributed by atoms with Crippen LogP contribution in [0.4, 0.5) is 0 Å². The largest absolute Gasteiger partial charge is 0.463 e. The number of aliphatic hydroxyl groups excluding tert-OH is 1. The number of hydrogen-bond acceptors (Lipinski definition) is 7. The molecule has 7 nitrogen and oxygen atoms in total. The molecule has 1 N–H and O–H groups in total. The van der Waals surface area contributed by atoms with Gasteiger partial charge >= 0.3 is 11.9 Å². The highest BCUT2D eigenvalue weighted by Gasteiger charge is 2.46. The molecular formula is C10H16O7. The summed E-state index contributed by atoms with van der Waals surface area (Å²) in [4.78, 5) is 21.6. The van der Waals surface area contributed by atoms with Crippen LogP contribution in [0, 0.1) is 0 Å². The minimum Gasteiger partial charge on any atom is -0.463 e. The van der Waals surface area contributed by atoms with E-state index in [2.05, 4.69) is 0 Å². The minimum atomic E-state index is -1.11. The lowest BCUT2D eigenvalue weighted by Crippen LogP contribution is -2.38. The molecule has 17 heavy (non-hydrogen) atoms. The van der Waals surface area contributed by atoms with E-state index in [1.54, 1.807) is 0 Å². The summed E-state index contributed by atoms with van der Waals surface area (Å²) in [5.74, 6) is -1.03. The molecule has 0 amide bonds. The van der Waals surface area contributed by atoms with E-state index >= 15 is 0 Å². The van der Waals surface area contributed by atoms with Crippen molar-refractivity contribution in [1.29, 1.82) is 0 Å². The van der Waals surface area contributed by atoms with Crippen molar-refractivity contribution in [2.75, 3.05) is 13.7 Å². The lowest BCUT2D eigenvalue weighted by atomic mass is 10.1. The van der Waals surface area contributed by atoms with E-state index in [4.69, 9.17) is 18.9 Å². The number of carbonyl (C=O) groups is 2. The summed E-state index contributed by atoms with van der Waals surface area (Å²) >= 11 is 0. The van der Waals surface area contributed by atoms with E-state index in [1.807, 2.05) is 0 Å². The molecule has 4 atom stereocenters. The summed E-state index contributed by atoms with van der Waals surface area (Å²) in [6.07, 6.45) is -3.65. The molecule has 98 valence electrons. The van der Waals surface area contributed by atoms with Crippen LogP contribution < -0.4 is 0 Å². The molecule has 0 aromatic heterocycles. The van der Waals surface area contributed by atoms with Crippen molar-refractivity contribution >= 4 is 11.9 Å². The third-order valence-corrected chi connectivity index (χ3v) is 2.28. The molecule has 0 spiro atoms. The Labute approximate surface area is 98.6 Å². The Morgan fingerprint density at radius 3 is 2.41 bits per heavy atom. The summed E-state index contributed by atoms with van der Waals surface area (Å²) < 4.78 is 19.8. The van der Waals surface area contributed by atoms with Crippen LogP contribution in [0.2, 0.25) is 0 Å². The van der Waals surface area contributed by atoms with Crippen LogP contribution in [0.15, 0.2) is 0 Å². The van der Waals surface area contributed by atoms with Gasteiger partial charge in [0.25, 0.3) is 0 Å². The second kappa shape index (κ2) is 5.95. The number of methoxy groups -OCH3 is 1. The van der Waals surface area contributed by atoms with Gasteiger partial charge in [-0.05, 0) is 0 Å². The van der Waals surface area contributed by atoms with Crippen molar-refractivity contribution in [3.63, 3.8) is 0 Å². The van der Waals surface area contributed by atoms with Crippen LogP contribution in [0.3, 0.4) is 0 Å². The maximum absolute atomic E-state index is 10.9. The summed E-state index contributed by atoms with van der Waals surface area (Å²) in [6.45, 7) is 2.36. The molecule has 0 radical (unpaired) electrons. The van der Waals surface area contributed by atoms with Gasteiger partial charge in [0, 0.05) is 21.0 Å². The van der Waals surface area contributed by atoms with Gasteiger partial charge in [0.1, 0.15) is 18.8 Å². The van der Waals surface area contributed by atoms with Gasteiger partial charge in [-0.2, -0.15) is 0 Å². The van der Waals surface area contributed by atoms with Crippen LogP contribution in [0.1, 0.15) is 13.8 Å². The summed E-state index contributed by atoms with van der Waals surface area (Å²) in [6, 6.07) is 0. The molecule has 1 aliphatic rings. The minimum absolute atomic E-state index is 0.107. The fraction of sp³-hybridized carbons (Fsp3) is 0.800. The van der Waals surface area contributed by atoms with Crippen molar-refractivity contribution in [2.45, 2.75) is 38.4 Å². The Hall–Kier alpha value is -1.18. The summed E-state index contributed by atoms with van der Waals surface area (Å²) in [7, 11) is 1.35. The van der Waals surface area contributed by atoms with Crippen LogP contribution in [0.5, 0.6) is 0 Å². The molecule has 0 bridgehead atoms. The van der Waals surface area contributed by atoms with Crippen molar-refractivity contribution < 1.29 is 33.6 Å². The third kappa shape index (κ3) is 3.65. The normalized spacial score (nSPS) is 32.2. The van der Waals surface area contributed by atoms with Gasteiger partial charge in [-0.1, -0.05) is 0 Å². The van der Waals surface area contributed by atoms with Gasteiger partial charge in [0.05, 0.1) is 0 Å². The van der Waals surface area contributed by atoms with E-state index in [0.717, 1.165) is 0 Å². The number of hydrogen-bond donors (Lipinski definition) is 1. The second-order valence-electron chi connectivity index (χ2n) is 3.65. The average Bonchev–Trinajstić information content (AvgIpc) is 2.53. The van der Waals surface area contributed by atoms with Crippen LogP contribution >= 0.6 is 0 Å². The molecule has 0 aromatic rings. The zero-order chi connectivity index (χ0) is 13.0. The number of carbonyl (C=O) groups excluding carboxylic acids is 2. The molecule has 1 saturated heterocycles. The molecule has 0 saturated carbocycles. The zero-order valence-corrected chi connectivity index (χ0v) is 9.91. The lowest BCUT2D eigenvalue weighted by Gasteiger charge is -2.19. The SMILES string of the molecule is CO[C@@H]1O[C@H](COC(C)=O)[C@@H](OC(C)=O)[C@H]1O. The fourth-order valence-corrected chi connectivity index (χ4v) is 1.57. The van der Waals surface area contributed by atoms with Gasteiger partial charge in [0.15, 0.2) is 12.4 Å². The van der Waals surface area contributed by atoms with Crippen LogP contribution in [-0.2, 0) is 28.5 Å². The molecule has 0 aromatic carbocycles. The predicted octanol–water partition coefficient (Wildman–Crippen LogP) is -0.787. The van der Waals surface area contributed by atoms with Gasteiger partial charge in [-0.3, -0.25) is 9.59 Å². The number of ether oxygens (including phenoxy) is 4. The third-order valence-electron chi connectivity index (χ3n) is 2.28. The molecule has 1 heterocycles. The highest BCUT2D eigenvalue weighted by molar-refractivity contribution is 5.66. The Morgan fingerprint density at radius 2 is 1.94 bits per heavy atom. The highest BCUT2D eigenvalue weighted by atomic mass is 16.7. The topological polar surface area (TPSA) is 91.3 Å². The number of aliphatic hydroxyl groups is 1. The van der Waals surface area contributed by atoms with E-state index < -0.39 is 36.5 Å². The summed E-state index contributed by atoms with van der Waals surface area (Å²) in [5, 5.41) is 9.77. The lowest BCUT2D eigenvalue weighted by molar-refractivity contribution is -0.164. The quantitative estimate of drug-likeness (QED) is 0.652. The first-order valence-electron chi connectivity index (χ1n) is 5.12. The molecule has 0 aliphatic carbocycles. The second-order valence-corrected chi connectivity index (χ2v) is 3.65. The molecule has 1 rings (SSSR count). The first kappa shape index (κ1) is 13.9. The molecule has 1 aliphatic heterocycles. The maximum Gasteiger partial charge on any atom is 0.303 e. The van der Waals surface area contributed by atoms with Crippen LogP contribution in [-0.4, -0.2) is 55.4 Å². The average molecular weight is 248 g/mol. The highest BCUT2D eigenvalue weighted by Crippen LogP contribution is 2.25. The molecule has 0 unspecified atom stereocenters. The first-order valence-corrected chi connectivity index (χ1v) is 5.12. The van der Waals surface area contributed by atoms with Crippen molar-refractivity contribution in [1.82, 2.24) is 0 Å². The Kier molecular flexibility index (Phi) is 4.86. The van der Waals surface area contributed by atoms with E-state index in [0.29, 0.717) is 0 Å². The Balaban J connectivity index is 2.64. The van der Waals surface area contributed by atoms with Gasteiger partial charge in [-0.25, -0.2) is 0 Å². The zero-order valence-electron chi connectivity index (χ0n) is 9.91. The van der Waals surface area contributed by atoms with Gasteiger partial charge < -0.3 is 24.1 Å². The Morgan fingerprint density at radius 1 is 1.29 bits per heavy atom. The molecule has 7 heteroatoms. The van der Waals surface area contributed by atoms with Gasteiger partial charge in [0.2, 0.25) is 0 Å².